The molecule has 0 aromatic heterocycles. The Kier molecular flexibility index (Phi) is 4.12. The highest BCUT2D eigenvalue weighted by Gasteiger charge is 2.31. The molecular weight excluding hydrogens is 226 g/mol. The number of rotatable bonds is 5. The first-order valence-corrected chi connectivity index (χ1v) is 6.73. The van der Waals surface area contributed by atoms with Crippen LogP contribution in [0.3, 0.4) is 0 Å². The minimum Gasteiger partial charge on any atom is -0.493 e. The first kappa shape index (κ1) is 13.2. The van der Waals surface area contributed by atoms with Gasteiger partial charge in [0.15, 0.2) is 11.5 Å². The van der Waals surface area contributed by atoms with Gasteiger partial charge in [0, 0.05) is 0 Å². The SMILES string of the molecule is COc1cc(CCN)ccc1OC1(C)CCCC1. The Balaban J connectivity index is 2.16. The summed E-state index contributed by atoms with van der Waals surface area (Å²) in [7, 11) is 1.69. The van der Waals surface area contributed by atoms with Crippen molar-refractivity contribution in [2.24, 2.45) is 5.73 Å². The second kappa shape index (κ2) is 5.61. The van der Waals surface area contributed by atoms with Crippen molar-refractivity contribution in [3.63, 3.8) is 0 Å². The summed E-state index contributed by atoms with van der Waals surface area (Å²) in [5.74, 6) is 1.66. The highest BCUT2D eigenvalue weighted by atomic mass is 16.5. The zero-order valence-electron chi connectivity index (χ0n) is 11.4. The monoisotopic (exact) mass is 249 g/mol. The van der Waals surface area contributed by atoms with Crippen LogP contribution in [-0.2, 0) is 6.42 Å². The molecule has 1 saturated carbocycles. The average Bonchev–Trinajstić information content (AvgIpc) is 2.78. The van der Waals surface area contributed by atoms with E-state index in [1.165, 1.54) is 18.4 Å². The quantitative estimate of drug-likeness (QED) is 0.872. The van der Waals surface area contributed by atoms with Gasteiger partial charge in [-0.05, 0) is 63.3 Å². The number of methoxy groups -OCH3 is 1. The van der Waals surface area contributed by atoms with E-state index in [1.54, 1.807) is 7.11 Å². The molecule has 3 nitrogen and oxygen atoms in total. The molecule has 0 aliphatic heterocycles. The molecule has 0 unspecified atom stereocenters. The van der Waals surface area contributed by atoms with Gasteiger partial charge in [0.2, 0.25) is 0 Å². The summed E-state index contributed by atoms with van der Waals surface area (Å²) >= 11 is 0. The lowest BCUT2D eigenvalue weighted by atomic mass is 10.1. The maximum absolute atomic E-state index is 6.16. The van der Waals surface area contributed by atoms with E-state index in [-0.39, 0.29) is 5.60 Å². The van der Waals surface area contributed by atoms with Gasteiger partial charge in [0.05, 0.1) is 7.11 Å². The zero-order chi connectivity index (χ0) is 13.0. The van der Waals surface area contributed by atoms with Crippen LogP contribution in [-0.4, -0.2) is 19.3 Å². The van der Waals surface area contributed by atoms with E-state index >= 15 is 0 Å². The lowest BCUT2D eigenvalue weighted by Gasteiger charge is -2.26. The van der Waals surface area contributed by atoms with Gasteiger partial charge in [-0.25, -0.2) is 0 Å². The van der Waals surface area contributed by atoms with Crippen molar-refractivity contribution in [2.45, 2.75) is 44.6 Å². The molecule has 2 N–H and O–H groups in total. The van der Waals surface area contributed by atoms with Gasteiger partial charge in [-0.2, -0.15) is 0 Å². The average molecular weight is 249 g/mol. The predicted octanol–water partition coefficient (Wildman–Crippen LogP) is 2.91. The molecular formula is C15H23NO2. The zero-order valence-corrected chi connectivity index (χ0v) is 11.4. The van der Waals surface area contributed by atoms with Crippen LogP contribution in [0.15, 0.2) is 18.2 Å². The fourth-order valence-electron chi connectivity index (χ4n) is 2.61. The molecule has 1 fully saturated rings. The summed E-state index contributed by atoms with van der Waals surface area (Å²) in [6.45, 7) is 2.84. The second-order valence-corrected chi connectivity index (χ2v) is 5.28. The molecule has 1 aliphatic carbocycles. The Labute approximate surface area is 109 Å². The maximum atomic E-state index is 6.16. The Morgan fingerprint density at radius 1 is 1.22 bits per heavy atom. The molecule has 1 aromatic rings. The third kappa shape index (κ3) is 2.96. The fraction of sp³-hybridized carbons (Fsp3) is 0.600. The van der Waals surface area contributed by atoms with Crippen molar-refractivity contribution in [3.05, 3.63) is 23.8 Å². The molecule has 0 atom stereocenters. The third-order valence-corrected chi connectivity index (χ3v) is 3.68. The summed E-state index contributed by atoms with van der Waals surface area (Å²) in [4.78, 5) is 0. The molecule has 18 heavy (non-hydrogen) atoms. The number of hydrogen-bond donors (Lipinski definition) is 1. The van der Waals surface area contributed by atoms with E-state index in [9.17, 15) is 0 Å². The number of nitrogens with two attached hydrogens (primary N) is 1. The van der Waals surface area contributed by atoms with Crippen LogP contribution < -0.4 is 15.2 Å². The van der Waals surface area contributed by atoms with Crippen LogP contribution in [0.5, 0.6) is 11.5 Å². The van der Waals surface area contributed by atoms with E-state index < -0.39 is 0 Å². The molecule has 1 aliphatic rings. The van der Waals surface area contributed by atoms with Crippen molar-refractivity contribution in [1.29, 1.82) is 0 Å². The summed E-state index contributed by atoms with van der Waals surface area (Å²) < 4.78 is 11.6. The van der Waals surface area contributed by atoms with E-state index in [0.29, 0.717) is 6.54 Å². The predicted molar refractivity (Wildman–Crippen MR) is 73.3 cm³/mol. The molecule has 2 rings (SSSR count). The summed E-state index contributed by atoms with van der Waals surface area (Å²) in [5, 5.41) is 0. The van der Waals surface area contributed by atoms with Gasteiger partial charge in [0.1, 0.15) is 5.60 Å². The molecule has 0 spiro atoms. The second-order valence-electron chi connectivity index (χ2n) is 5.28. The highest BCUT2D eigenvalue weighted by molar-refractivity contribution is 5.43. The third-order valence-electron chi connectivity index (χ3n) is 3.68. The molecule has 100 valence electrons. The van der Waals surface area contributed by atoms with Crippen LogP contribution in [0, 0.1) is 0 Å². The summed E-state index contributed by atoms with van der Waals surface area (Å²) in [6.07, 6.45) is 5.63. The van der Waals surface area contributed by atoms with Crippen molar-refractivity contribution < 1.29 is 9.47 Å². The van der Waals surface area contributed by atoms with Gasteiger partial charge in [0.25, 0.3) is 0 Å². The Bertz CT molecular complexity index is 397. The van der Waals surface area contributed by atoms with E-state index in [2.05, 4.69) is 13.0 Å². The first-order valence-electron chi connectivity index (χ1n) is 6.73. The smallest absolute Gasteiger partial charge is 0.162 e. The van der Waals surface area contributed by atoms with Crippen molar-refractivity contribution in [1.82, 2.24) is 0 Å². The normalized spacial score (nSPS) is 17.7. The van der Waals surface area contributed by atoms with Crippen LogP contribution in [0.2, 0.25) is 0 Å². The molecule has 0 radical (unpaired) electrons. The minimum atomic E-state index is -0.0251. The Morgan fingerprint density at radius 2 is 1.94 bits per heavy atom. The van der Waals surface area contributed by atoms with Gasteiger partial charge in [-0.15, -0.1) is 0 Å². The van der Waals surface area contributed by atoms with Crippen LogP contribution in [0.25, 0.3) is 0 Å². The number of ether oxygens (including phenoxy) is 2. The first-order chi connectivity index (χ1) is 8.67. The topological polar surface area (TPSA) is 44.5 Å². The largest absolute Gasteiger partial charge is 0.493 e. The van der Waals surface area contributed by atoms with Crippen molar-refractivity contribution in [2.75, 3.05) is 13.7 Å². The van der Waals surface area contributed by atoms with Gasteiger partial charge < -0.3 is 15.2 Å². The van der Waals surface area contributed by atoms with Crippen LogP contribution in [0.1, 0.15) is 38.2 Å². The molecule has 0 amide bonds. The molecule has 3 heteroatoms. The molecule has 1 aromatic carbocycles. The molecule has 0 heterocycles. The summed E-state index contributed by atoms with van der Waals surface area (Å²) in [6, 6.07) is 6.11. The summed E-state index contributed by atoms with van der Waals surface area (Å²) in [5.41, 5.74) is 6.74. The van der Waals surface area contributed by atoms with Crippen LogP contribution in [0.4, 0.5) is 0 Å². The number of hydrogen-bond acceptors (Lipinski definition) is 3. The van der Waals surface area contributed by atoms with E-state index in [1.807, 2.05) is 12.1 Å². The van der Waals surface area contributed by atoms with Crippen molar-refractivity contribution >= 4 is 0 Å². The van der Waals surface area contributed by atoms with E-state index in [0.717, 1.165) is 30.8 Å². The van der Waals surface area contributed by atoms with Gasteiger partial charge in [-0.3, -0.25) is 0 Å². The number of benzene rings is 1. The van der Waals surface area contributed by atoms with E-state index in [4.69, 9.17) is 15.2 Å². The lowest BCUT2D eigenvalue weighted by molar-refractivity contribution is 0.0926. The highest BCUT2D eigenvalue weighted by Crippen LogP contribution is 2.38. The van der Waals surface area contributed by atoms with Gasteiger partial charge in [-0.1, -0.05) is 6.07 Å². The molecule has 0 bridgehead atoms. The Hall–Kier alpha value is -1.22. The standard InChI is InChI=1S/C15H23NO2/c1-15(8-3-4-9-15)18-13-6-5-12(7-10-16)11-14(13)17-2/h5-6,11H,3-4,7-10,16H2,1-2H3. The van der Waals surface area contributed by atoms with Gasteiger partial charge >= 0.3 is 0 Å². The Morgan fingerprint density at radius 3 is 2.56 bits per heavy atom. The van der Waals surface area contributed by atoms with Crippen molar-refractivity contribution in [3.8, 4) is 11.5 Å². The fourth-order valence-corrected chi connectivity index (χ4v) is 2.61. The minimum absolute atomic E-state index is 0.0251. The lowest BCUT2D eigenvalue weighted by Crippen LogP contribution is -2.28. The van der Waals surface area contributed by atoms with Crippen LogP contribution >= 0.6 is 0 Å². The molecule has 0 saturated heterocycles. The maximum Gasteiger partial charge on any atom is 0.162 e.